The van der Waals surface area contributed by atoms with Crippen LogP contribution >= 0.6 is 0 Å². The van der Waals surface area contributed by atoms with E-state index in [2.05, 4.69) is 46.6 Å². The molecule has 0 aliphatic heterocycles. The first-order valence-electron chi connectivity index (χ1n) is 6.30. The van der Waals surface area contributed by atoms with Crippen LogP contribution in [0.4, 0.5) is 0 Å². The zero-order valence-electron chi connectivity index (χ0n) is 10.7. The second-order valence-corrected chi connectivity index (χ2v) is 4.43. The van der Waals surface area contributed by atoms with Crippen molar-refractivity contribution in [2.75, 3.05) is 6.54 Å². The second-order valence-electron chi connectivity index (χ2n) is 4.43. The fraction of sp³-hybridized carbons (Fsp3) is 0.462. The van der Waals surface area contributed by atoms with Crippen LogP contribution in [0.15, 0.2) is 24.3 Å². The molecule has 2 N–H and O–H groups in total. The van der Waals surface area contributed by atoms with Gasteiger partial charge in [0.05, 0.1) is 6.54 Å². The molecule has 0 saturated carbocycles. The lowest BCUT2D eigenvalue weighted by Crippen LogP contribution is -2.08. The van der Waals surface area contributed by atoms with Gasteiger partial charge in [-0.15, -0.1) is 10.2 Å². The third kappa shape index (κ3) is 3.63. The highest BCUT2D eigenvalue weighted by Crippen LogP contribution is 2.06. The summed E-state index contributed by atoms with van der Waals surface area (Å²) < 4.78 is 0. The lowest BCUT2D eigenvalue weighted by Gasteiger charge is -1.99. The van der Waals surface area contributed by atoms with Crippen LogP contribution in [0.5, 0.6) is 0 Å². The van der Waals surface area contributed by atoms with Gasteiger partial charge in [0, 0.05) is 6.42 Å². The quantitative estimate of drug-likeness (QED) is 0.828. The van der Waals surface area contributed by atoms with E-state index >= 15 is 0 Å². The van der Waals surface area contributed by atoms with Crippen molar-refractivity contribution >= 4 is 0 Å². The molecule has 0 aliphatic carbocycles. The SMILES string of the molecule is Cc1ccc(CCc2nnn(CCCN)n2)cc1. The molecule has 0 aliphatic rings. The number of nitrogens with two attached hydrogens (primary N) is 1. The van der Waals surface area contributed by atoms with E-state index in [1.54, 1.807) is 4.80 Å². The Morgan fingerprint density at radius 1 is 1.17 bits per heavy atom. The molecule has 5 heteroatoms. The summed E-state index contributed by atoms with van der Waals surface area (Å²) in [4.78, 5) is 1.62. The highest BCUT2D eigenvalue weighted by atomic mass is 15.6. The number of hydrogen-bond donors (Lipinski definition) is 1. The average molecular weight is 245 g/mol. The molecule has 0 unspecified atom stereocenters. The van der Waals surface area contributed by atoms with Gasteiger partial charge in [-0.2, -0.15) is 4.80 Å². The lowest BCUT2D eigenvalue weighted by molar-refractivity contribution is 0.502. The van der Waals surface area contributed by atoms with Crippen LogP contribution in [0.2, 0.25) is 0 Å². The van der Waals surface area contributed by atoms with Gasteiger partial charge < -0.3 is 5.73 Å². The molecule has 1 aromatic carbocycles. The zero-order chi connectivity index (χ0) is 12.8. The lowest BCUT2D eigenvalue weighted by atomic mass is 10.1. The molecule has 1 aromatic heterocycles. The number of nitrogens with zero attached hydrogens (tertiary/aromatic N) is 4. The fourth-order valence-corrected chi connectivity index (χ4v) is 1.71. The Bertz CT molecular complexity index is 474. The Morgan fingerprint density at radius 2 is 1.94 bits per heavy atom. The molecule has 18 heavy (non-hydrogen) atoms. The van der Waals surface area contributed by atoms with Crippen LogP contribution < -0.4 is 5.73 Å². The van der Waals surface area contributed by atoms with Crippen LogP contribution in [0.25, 0.3) is 0 Å². The topological polar surface area (TPSA) is 69.6 Å². The van der Waals surface area contributed by atoms with Crippen molar-refractivity contribution in [2.45, 2.75) is 32.7 Å². The van der Waals surface area contributed by atoms with Crippen molar-refractivity contribution < 1.29 is 0 Å². The van der Waals surface area contributed by atoms with E-state index in [0.717, 1.165) is 31.6 Å². The van der Waals surface area contributed by atoms with Crippen LogP contribution in [0.1, 0.15) is 23.4 Å². The second kappa shape index (κ2) is 6.26. The molecule has 1 heterocycles. The van der Waals surface area contributed by atoms with Crippen LogP contribution in [-0.4, -0.2) is 26.8 Å². The van der Waals surface area contributed by atoms with Crippen molar-refractivity contribution in [3.8, 4) is 0 Å². The predicted octanol–water partition coefficient (Wildman–Crippen LogP) is 1.12. The molecule has 0 bridgehead atoms. The molecular formula is C13H19N5. The van der Waals surface area contributed by atoms with Gasteiger partial charge in [0.15, 0.2) is 5.82 Å². The molecule has 0 saturated heterocycles. The number of rotatable bonds is 6. The van der Waals surface area contributed by atoms with Gasteiger partial charge in [-0.25, -0.2) is 0 Å². The van der Waals surface area contributed by atoms with Gasteiger partial charge in [0.2, 0.25) is 0 Å². The highest BCUT2D eigenvalue weighted by Gasteiger charge is 2.03. The van der Waals surface area contributed by atoms with Crippen molar-refractivity contribution in [3.63, 3.8) is 0 Å². The molecule has 0 atom stereocenters. The Kier molecular flexibility index (Phi) is 4.41. The van der Waals surface area contributed by atoms with Crippen molar-refractivity contribution in [3.05, 3.63) is 41.2 Å². The smallest absolute Gasteiger partial charge is 0.175 e. The molecule has 0 amide bonds. The van der Waals surface area contributed by atoms with Crippen LogP contribution in [0.3, 0.4) is 0 Å². The predicted molar refractivity (Wildman–Crippen MR) is 70.1 cm³/mol. The largest absolute Gasteiger partial charge is 0.330 e. The van der Waals surface area contributed by atoms with Gasteiger partial charge in [-0.1, -0.05) is 29.8 Å². The standard InChI is InChI=1S/C13H19N5/c1-11-3-5-12(6-4-11)7-8-13-15-17-18(16-13)10-2-9-14/h3-6H,2,7-10,14H2,1H3. The summed E-state index contributed by atoms with van der Waals surface area (Å²) in [5.41, 5.74) is 8.03. The number of hydrogen-bond acceptors (Lipinski definition) is 4. The number of benzene rings is 1. The van der Waals surface area contributed by atoms with E-state index in [4.69, 9.17) is 5.73 Å². The van der Waals surface area contributed by atoms with Gasteiger partial charge in [0.1, 0.15) is 0 Å². The van der Waals surface area contributed by atoms with Crippen molar-refractivity contribution in [2.24, 2.45) is 5.73 Å². The molecule has 2 rings (SSSR count). The first kappa shape index (κ1) is 12.7. The number of aromatic nitrogens is 4. The van der Waals surface area contributed by atoms with Gasteiger partial charge in [0.25, 0.3) is 0 Å². The van der Waals surface area contributed by atoms with E-state index in [-0.39, 0.29) is 0 Å². The summed E-state index contributed by atoms with van der Waals surface area (Å²) in [5, 5.41) is 12.4. The average Bonchev–Trinajstić information content (AvgIpc) is 2.84. The summed E-state index contributed by atoms with van der Waals surface area (Å²) in [7, 11) is 0. The number of tetrazole rings is 1. The first-order chi connectivity index (χ1) is 8.78. The van der Waals surface area contributed by atoms with E-state index in [1.165, 1.54) is 11.1 Å². The summed E-state index contributed by atoms with van der Waals surface area (Å²) >= 11 is 0. The number of aryl methyl sites for hydroxylation is 4. The third-order valence-corrected chi connectivity index (χ3v) is 2.81. The molecular weight excluding hydrogens is 226 g/mol. The Morgan fingerprint density at radius 3 is 2.67 bits per heavy atom. The summed E-state index contributed by atoms with van der Waals surface area (Å²) in [6.07, 6.45) is 2.66. The normalized spacial score (nSPS) is 10.8. The summed E-state index contributed by atoms with van der Waals surface area (Å²) in [5.74, 6) is 0.799. The third-order valence-electron chi connectivity index (χ3n) is 2.81. The van der Waals surface area contributed by atoms with Crippen molar-refractivity contribution in [1.29, 1.82) is 0 Å². The van der Waals surface area contributed by atoms with E-state index in [9.17, 15) is 0 Å². The molecule has 0 spiro atoms. The van der Waals surface area contributed by atoms with E-state index in [1.807, 2.05) is 0 Å². The molecule has 0 radical (unpaired) electrons. The minimum absolute atomic E-state index is 0.653. The summed E-state index contributed by atoms with van der Waals surface area (Å²) in [6, 6.07) is 8.55. The Balaban J connectivity index is 1.86. The summed E-state index contributed by atoms with van der Waals surface area (Å²) in [6.45, 7) is 3.49. The van der Waals surface area contributed by atoms with E-state index < -0.39 is 0 Å². The first-order valence-corrected chi connectivity index (χ1v) is 6.30. The zero-order valence-corrected chi connectivity index (χ0v) is 10.7. The van der Waals surface area contributed by atoms with Crippen molar-refractivity contribution in [1.82, 2.24) is 20.2 Å². The fourth-order valence-electron chi connectivity index (χ4n) is 1.71. The van der Waals surface area contributed by atoms with Crippen LogP contribution in [0, 0.1) is 6.92 Å². The maximum Gasteiger partial charge on any atom is 0.175 e. The minimum atomic E-state index is 0.653. The molecule has 5 nitrogen and oxygen atoms in total. The van der Waals surface area contributed by atoms with Crippen LogP contribution in [-0.2, 0) is 19.4 Å². The maximum atomic E-state index is 5.44. The van der Waals surface area contributed by atoms with Gasteiger partial charge in [-0.05, 0) is 37.1 Å². The molecule has 2 aromatic rings. The Hall–Kier alpha value is -1.75. The molecule has 0 fully saturated rings. The van der Waals surface area contributed by atoms with Gasteiger partial charge in [-0.3, -0.25) is 0 Å². The minimum Gasteiger partial charge on any atom is -0.330 e. The highest BCUT2D eigenvalue weighted by molar-refractivity contribution is 5.21. The Labute approximate surface area is 107 Å². The monoisotopic (exact) mass is 245 g/mol. The maximum absolute atomic E-state index is 5.44. The van der Waals surface area contributed by atoms with Gasteiger partial charge >= 0.3 is 0 Å². The van der Waals surface area contributed by atoms with E-state index in [0.29, 0.717) is 6.54 Å². The molecule has 96 valence electrons.